The first-order chi connectivity index (χ1) is 11.0. The molecule has 7 heteroatoms. The topological polar surface area (TPSA) is 75.3 Å². The van der Waals surface area contributed by atoms with Crippen LogP contribution in [0.1, 0.15) is 5.56 Å². The molecular weight excluding hydrogens is 336 g/mol. The highest BCUT2D eigenvalue weighted by Crippen LogP contribution is 2.10. The predicted octanol–water partition coefficient (Wildman–Crippen LogP) is 1.98. The molecule has 122 valence electrons. The molecule has 2 aromatic rings. The van der Waals surface area contributed by atoms with E-state index in [9.17, 15) is 13.2 Å². The Labute approximate surface area is 140 Å². The molecule has 0 radical (unpaired) electrons. The average molecular weight is 353 g/mol. The summed E-state index contributed by atoms with van der Waals surface area (Å²) < 4.78 is 26.2. The third-order valence-electron chi connectivity index (χ3n) is 3.10. The van der Waals surface area contributed by atoms with Crippen LogP contribution in [0.3, 0.4) is 0 Å². The van der Waals surface area contributed by atoms with Gasteiger partial charge in [-0.1, -0.05) is 41.9 Å². The molecule has 1 amide bonds. The summed E-state index contributed by atoms with van der Waals surface area (Å²) in [5.41, 5.74) is 1.00. The number of sulfonamides is 1. The molecule has 0 fully saturated rings. The first-order valence-corrected chi connectivity index (χ1v) is 8.89. The Bertz CT molecular complexity index is 764. The summed E-state index contributed by atoms with van der Waals surface area (Å²) in [6.07, 6.45) is 0.623. The maximum atomic E-state index is 12.0. The van der Waals surface area contributed by atoms with Gasteiger partial charge in [0.15, 0.2) is 0 Å². The summed E-state index contributed by atoms with van der Waals surface area (Å²) in [6.45, 7) is 0.110. The van der Waals surface area contributed by atoms with Crippen molar-refractivity contribution in [1.82, 2.24) is 10.0 Å². The SMILES string of the molecule is O=C(CNS(=O)(=O)c1ccccc1)NCCc1cccc(Cl)c1. The molecule has 5 nitrogen and oxygen atoms in total. The molecule has 0 aliphatic rings. The van der Waals surface area contributed by atoms with E-state index in [1.165, 1.54) is 12.1 Å². The quantitative estimate of drug-likeness (QED) is 0.800. The zero-order valence-electron chi connectivity index (χ0n) is 12.3. The van der Waals surface area contributed by atoms with Crippen molar-refractivity contribution in [2.24, 2.45) is 0 Å². The normalized spacial score (nSPS) is 11.2. The van der Waals surface area contributed by atoms with Crippen LogP contribution in [0.5, 0.6) is 0 Å². The van der Waals surface area contributed by atoms with Gasteiger partial charge in [-0.2, -0.15) is 0 Å². The number of hydrogen-bond acceptors (Lipinski definition) is 3. The molecule has 2 aromatic carbocycles. The summed E-state index contributed by atoms with van der Waals surface area (Å²) in [5.74, 6) is -0.383. The molecule has 0 aromatic heterocycles. The van der Waals surface area contributed by atoms with Crippen molar-refractivity contribution in [1.29, 1.82) is 0 Å². The van der Waals surface area contributed by atoms with E-state index in [0.29, 0.717) is 18.0 Å². The van der Waals surface area contributed by atoms with Crippen LogP contribution in [0, 0.1) is 0 Å². The lowest BCUT2D eigenvalue weighted by atomic mass is 10.1. The van der Waals surface area contributed by atoms with E-state index in [0.717, 1.165) is 5.56 Å². The van der Waals surface area contributed by atoms with Crippen molar-refractivity contribution < 1.29 is 13.2 Å². The summed E-state index contributed by atoms with van der Waals surface area (Å²) >= 11 is 5.88. The molecule has 0 heterocycles. The van der Waals surface area contributed by atoms with E-state index in [2.05, 4.69) is 10.0 Å². The van der Waals surface area contributed by atoms with Crippen LogP contribution in [0.25, 0.3) is 0 Å². The third kappa shape index (κ3) is 5.67. The molecule has 0 unspecified atom stereocenters. The fraction of sp³-hybridized carbons (Fsp3) is 0.188. The van der Waals surface area contributed by atoms with Crippen molar-refractivity contribution in [3.8, 4) is 0 Å². The number of carbonyl (C=O) groups excluding carboxylic acids is 1. The van der Waals surface area contributed by atoms with Crippen molar-refractivity contribution in [3.63, 3.8) is 0 Å². The van der Waals surface area contributed by atoms with Crippen LogP contribution >= 0.6 is 11.6 Å². The van der Waals surface area contributed by atoms with Gasteiger partial charge in [-0.05, 0) is 36.2 Å². The van der Waals surface area contributed by atoms with E-state index in [4.69, 9.17) is 11.6 Å². The van der Waals surface area contributed by atoms with E-state index in [1.807, 2.05) is 18.2 Å². The smallest absolute Gasteiger partial charge is 0.241 e. The fourth-order valence-electron chi connectivity index (χ4n) is 1.94. The Balaban J connectivity index is 1.77. The summed E-state index contributed by atoms with van der Waals surface area (Å²) in [4.78, 5) is 11.8. The second kappa shape index (κ2) is 8.10. The Morgan fingerprint density at radius 2 is 1.78 bits per heavy atom. The highest BCUT2D eigenvalue weighted by Gasteiger charge is 2.14. The third-order valence-corrected chi connectivity index (χ3v) is 4.75. The highest BCUT2D eigenvalue weighted by molar-refractivity contribution is 7.89. The lowest BCUT2D eigenvalue weighted by molar-refractivity contribution is -0.119. The van der Waals surface area contributed by atoms with Crippen molar-refractivity contribution in [2.45, 2.75) is 11.3 Å². The molecule has 0 saturated carbocycles. The predicted molar refractivity (Wildman–Crippen MR) is 89.8 cm³/mol. The van der Waals surface area contributed by atoms with E-state index >= 15 is 0 Å². The summed E-state index contributed by atoms with van der Waals surface area (Å²) in [5, 5.41) is 3.31. The lowest BCUT2D eigenvalue weighted by Gasteiger charge is -2.08. The summed E-state index contributed by atoms with van der Waals surface area (Å²) in [7, 11) is -3.67. The molecule has 0 bridgehead atoms. The first-order valence-electron chi connectivity index (χ1n) is 7.03. The molecule has 23 heavy (non-hydrogen) atoms. The van der Waals surface area contributed by atoms with Crippen LogP contribution < -0.4 is 10.0 Å². The van der Waals surface area contributed by atoms with Crippen molar-refractivity contribution >= 4 is 27.5 Å². The van der Waals surface area contributed by atoms with Gasteiger partial charge in [0.2, 0.25) is 15.9 Å². The average Bonchev–Trinajstić information content (AvgIpc) is 2.54. The zero-order valence-corrected chi connectivity index (χ0v) is 13.9. The minimum Gasteiger partial charge on any atom is -0.355 e. The number of amides is 1. The minimum absolute atomic E-state index is 0.131. The maximum absolute atomic E-state index is 12.0. The number of halogens is 1. The number of benzene rings is 2. The van der Waals surface area contributed by atoms with Crippen molar-refractivity contribution in [3.05, 3.63) is 65.2 Å². The van der Waals surface area contributed by atoms with Crippen LogP contribution in [0.4, 0.5) is 0 Å². The number of nitrogens with one attached hydrogen (secondary N) is 2. The second-order valence-corrected chi connectivity index (χ2v) is 7.07. The maximum Gasteiger partial charge on any atom is 0.241 e. The molecular formula is C16H17ClN2O3S. The van der Waals surface area contributed by atoms with Gasteiger partial charge >= 0.3 is 0 Å². The molecule has 0 spiro atoms. The van der Waals surface area contributed by atoms with E-state index in [-0.39, 0.29) is 17.3 Å². The molecule has 0 saturated heterocycles. The standard InChI is InChI=1S/C16H17ClN2O3S/c17-14-6-4-5-13(11-14)9-10-18-16(20)12-19-23(21,22)15-7-2-1-3-8-15/h1-8,11,19H,9-10,12H2,(H,18,20). The monoisotopic (exact) mass is 352 g/mol. The van der Waals surface area contributed by atoms with Crippen LogP contribution in [0.15, 0.2) is 59.5 Å². The summed E-state index contributed by atoms with van der Waals surface area (Å²) in [6, 6.07) is 15.3. The van der Waals surface area contributed by atoms with Crippen LogP contribution in [0.2, 0.25) is 5.02 Å². The largest absolute Gasteiger partial charge is 0.355 e. The van der Waals surface area contributed by atoms with Gasteiger partial charge in [0.25, 0.3) is 0 Å². The second-order valence-electron chi connectivity index (χ2n) is 4.87. The van der Waals surface area contributed by atoms with Gasteiger partial charge in [0, 0.05) is 11.6 Å². The Morgan fingerprint density at radius 1 is 1.04 bits per heavy atom. The van der Waals surface area contributed by atoms with Gasteiger partial charge in [0.1, 0.15) is 0 Å². The fourth-order valence-corrected chi connectivity index (χ4v) is 3.16. The zero-order chi connectivity index (χ0) is 16.7. The van der Waals surface area contributed by atoms with Gasteiger partial charge in [-0.15, -0.1) is 0 Å². The Morgan fingerprint density at radius 3 is 2.48 bits per heavy atom. The van der Waals surface area contributed by atoms with Crippen molar-refractivity contribution in [2.75, 3.05) is 13.1 Å². The van der Waals surface area contributed by atoms with Gasteiger partial charge < -0.3 is 5.32 Å². The molecule has 2 rings (SSSR count). The van der Waals surface area contributed by atoms with Gasteiger partial charge in [-0.25, -0.2) is 13.1 Å². The van der Waals surface area contributed by atoms with Crippen LogP contribution in [-0.2, 0) is 21.2 Å². The molecule has 0 aliphatic carbocycles. The van der Waals surface area contributed by atoms with E-state index < -0.39 is 10.0 Å². The number of rotatable bonds is 7. The molecule has 0 aliphatic heterocycles. The van der Waals surface area contributed by atoms with Crippen LogP contribution in [-0.4, -0.2) is 27.4 Å². The molecule has 0 atom stereocenters. The molecule has 2 N–H and O–H groups in total. The Hall–Kier alpha value is -1.89. The Kier molecular flexibility index (Phi) is 6.15. The minimum atomic E-state index is -3.67. The van der Waals surface area contributed by atoms with Gasteiger partial charge in [-0.3, -0.25) is 4.79 Å². The first kappa shape index (κ1) is 17.5. The number of hydrogen-bond donors (Lipinski definition) is 2. The lowest BCUT2D eigenvalue weighted by Crippen LogP contribution is -2.37. The van der Waals surface area contributed by atoms with Gasteiger partial charge in [0.05, 0.1) is 11.4 Å². The van der Waals surface area contributed by atoms with E-state index in [1.54, 1.807) is 24.3 Å². The highest BCUT2D eigenvalue weighted by atomic mass is 35.5. The number of carbonyl (C=O) groups is 1.